The van der Waals surface area contributed by atoms with E-state index < -0.39 is 15.4 Å². The van der Waals surface area contributed by atoms with Gasteiger partial charge in [0.05, 0.1) is 17.1 Å². The van der Waals surface area contributed by atoms with Gasteiger partial charge < -0.3 is 10.4 Å². The third kappa shape index (κ3) is 2.57. The van der Waals surface area contributed by atoms with Gasteiger partial charge in [0.1, 0.15) is 9.84 Å². The van der Waals surface area contributed by atoms with Gasteiger partial charge in [0.15, 0.2) is 0 Å². The van der Waals surface area contributed by atoms with Crippen molar-refractivity contribution in [2.24, 2.45) is 11.8 Å². The zero-order valence-corrected chi connectivity index (χ0v) is 10.6. The summed E-state index contributed by atoms with van der Waals surface area (Å²) in [6.45, 7) is 3.43. The van der Waals surface area contributed by atoms with Crippen LogP contribution in [-0.2, 0) is 9.84 Å². The van der Waals surface area contributed by atoms with Crippen LogP contribution in [-0.4, -0.2) is 43.7 Å². The van der Waals surface area contributed by atoms with E-state index in [1.807, 2.05) is 6.92 Å². The van der Waals surface area contributed by atoms with Gasteiger partial charge in [0, 0.05) is 6.54 Å². The average Bonchev–Trinajstić information content (AvgIpc) is 2.18. The lowest BCUT2D eigenvalue weighted by atomic mass is 9.73. The maximum absolute atomic E-state index is 11.4. The Kier molecular flexibility index (Phi) is 3.29. The van der Waals surface area contributed by atoms with Crippen molar-refractivity contribution >= 4 is 9.84 Å². The van der Waals surface area contributed by atoms with Crippen molar-refractivity contribution in [1.82, 2.24) is 5.32 Å². The SMILES string of the molecule is CC1(O)CNCCC1C1CCS(=O)(=O)CC1. The fourth-order valence-corrected chi connectivity index (χ4v) is 4.62. The Hall–Kier alpha value is -0.130. The Balaban J connectivity index is 2.02. The molecular formula is C11H21NO3S. The molecule has 0 aliphatic carbocycles. The van der Waals surface area contributed by atoms with Crippen LogP contribution in [0.3, 0.4) is 0 Å². The summed E-state index contributed by atoms with van der Waals surface area (Å²) in [5.41, 5.74) is -0.677. The highest BCUT2D eigenvalue weighted by Crippen LogP contribution is 2.36. The molecule has 5 heteroatoms. The second-order valence-corrected chi connectivity index (χ2v) is 7.72. The van der Waals surface area contributed by atoms with E-state index in [0.29, 0.717) is 24.0 Å². The van der Waals surface area contributed by atoms with Gasteiger partial charge in [-0.05, 0) is 44.6 Å². The average molecular weight is 247 g/mol. The Labute approximate surface area is 97.3 Å². The molecule has 2 atom stereocenters. The molecule has 0 aromatic carbocycles. The Bertz CT molecular complexity index is 336. The first-order chi connectivity index (χ1) is 7.41. The number of hydrogen-bond acceptors (Lipinski definition) is 4. The highest BCUT2D eigenvalue weighted by molar-refractivity contribution is 7.91. The molecule has 2 fully saturated rings. The van der Waals surface area contributed by atoms with E-state index in [1.165, 1.54) is 0 Å². The molecule has 2 unspecified atom stereocenters. The van der Waals surface area contributed by atoms with E-state index in [0.717, 1.165) is 25.8 Å². The van der Waals surface area contributed by atoms with Crippen molar-refractivity contribution in [1.29, 1.82) is 0 Å². The van der Waals surface area contributed by atoms with Gasteiger partial charge in [-0.15, -0.1) is 0 Å². The van der Waals surface area contributed by atoms with E-state index in [2.05, 4.69) is 5.32 Å². The highest BCUT2D eigenvalue weighted by atomic mass is 32.2. The van der Waals surface area contributed by atoms with Crippen LogP contribution in [0.25, 0.3) is 0 Å². The summed E-state index contributed by atoms with van der Waals surface area (Å²) in [5.74, 6) is 1.24. The van der Waals surface area contributed by atoms with Crippen LogP contribution in [0.5, 0.6) is 0 Å². The molecule has 0 aromatic heterocycles. The number of aliphatic hydroxyl groups is 1. The van der Waals surface area contributed by atoms with Crippen molar-refractivity contribution in [3.63, 3.8) is 0 Å². The molecule has 94 valence electrons. The van der Waals surface area contributed by atoms with E-state index in [4.69, 9.17) is 0 Å². The minimum Gasteiger partial charge on any atom is -0.389 e. The fraction of sp³-hybridized carbons (Fsp3) is 1.00. The normalized spacial score (nSPS) is 40.8. The van der Waals surface area contributed by atoms with Gasteiger partial charge in [-0.1, -0.05) is 0 Å². The van der Waals surface area contributed by atoms with E-state index in [9.17, 15) is 13.5 Å². The van der Waals surface area contributed by atoms with Gasteiger partial charge >= 0.3 is 0 Å². The second kappa shape index (κ2) is 4.27. The van der Waals surface area contributed by atoms with Crippen LogP contribution in [0.15, 0.2) is 0 Å². The number of sulfone groups is 1. The highest BCUT2D eigenvalue weighted by Gasteiger charge is 2.41. The van der Waals surface area contributed by atoms with Gasteiger partial charge in [-0.3, -0.25) is 0 Å². The van der Waals surface area contributed by atoms with Crippen LogP contribution < -0.4 is 5.32 Å². The number of β-amino-alcohol motifs (C(OH)–C–C–N with tert-alkyl or cyclic N) is 1. The van der Waals surface area contributed by atoms with Crippen molar-refractivity contribution in [2.75, 3.05) is 24.6 Å². The summed E-state index contributed by atoms with van der Waals surface area (Å²) in [4.78, 5) is 0. The second-order valence-electron chi connectivity index (χ2n) is 5.42. The first kappa shape index (κ1) is 12.3. The third-order valence-electron chi connectivity index (χ3n) is 4.08. The fourth-order valence-electron chi connectivity index (χ4n) is 3.10. The molecule has 0 amide bonds. The minimum atomic E-state index is -2.79. The van der Waals surface area contributed by atoms with E-state index in [1.54, 1.807) is 0 Å². The molecule has 2 saturated heterocycles. The maximum Gasteiger partial charge on any atom is 0.150 e. The molecule has 2 aliphatic rings. The lowest BCUT2D eigenvalue weighted by Gasteiger charge is -2.43. The molecule has 2 N–H and O–H groups in total. The molecule has 0 aromatic rings. The van der Waals surface area contributed by atoms with E-state index in [-0.39, 0.29) is 5.92 Å². The predicted molar refractivity (Wildman–Crippen MR) is 63.0 cm³/mol. The first-order valence-corrected chi connectivity index (χ1v) is 7.86. The largest absolute Gasteiger partial charge is 0.389 e. The summed E-state index contributed by atoms with van der Waals surface area (Å²) in [6, 6.07) is 0. The Morgan fingerprint density at radius 3 is 2.44 bits per heavy atom. The number of hydrogen-bond donors (Lipinski definition) is 2. The van der Waals surface area contributed by atoms with Crippen LogP contribution in [0.1, 0.15) is 26.2 Å². The van der Waals surface area contributed by atoms with Gasteiger partial charge in [0.25, 0.3) is 0 Å². The minimum absolute atomic E-state index is 0.254. The zero-order chi connectivity index (χ0) is 11.8. The van der Waals surface area contributed by atoms with Crippen LogP contribution in [0, 0.1) is 11.8 Å². The maximum atomic E-state index is 11.4. The van der Waals surface area contributed by atoms with Crippen molar-refractivity contribution in [3.05, 3.63) is 0 Å². The number of rotatable bonds is 1. The van der Waals surface area contributed by atoms with Crippen LogP contribution >= 0.6 is 0 Å². The Morgan fingerprint density at radius 1 is 1.25 bits per heavy atom. The first-order valence-electron chi connectivity index (χ1n) is 6.04. The molecule has 2 rings (SSSR count). The zero-order valence-electron chi connectivity index (χ0n) is 9.78. The monoisotopic (exact) mass is 247 g/mol. The molecular weight excluding hydrogens is 226 g/mol. The number of nitrogens with one attached hydrogen (secondary N) is 1. The van der Waals surface area contributed by atoms with Crippen LogP contribution in [0.2, 0.25) is 0 Å². The third-order valence-corrected chi connectivity index (χ3v) is 5.80. The quantitative estimate of drug-likeness (QED) is 0.693. The van der Waals surface area contributed by atoms with Crippen molar-refractivity contribution in [2.45, 2.75) is 31.8 Å². The van der Waals surface area contributed by atoms with Crippen molar-refractivity contribution < 1.29 is 13.5 Å². The van der Waals surface area contributed by atoms with Gasteiger partial charge in [-0.2, -0.15) is 0 Å². The summed E-state index contributed by atoms with van der Waals surface area (Å²) < 4.78 is 22.7. The molecule has 0 radical (unpaired) electrons. The molecule has 2 aliphatic heterocycles. The molecule has 2 heterocycles. The summed E-state index contributed by atoms with van der Waals surface area (Å²) in [5, 5.41) is 13.5. The predicted octanol–water partition coefficient (Wildman–Crippen LogP) is 0.172. The molecule has 16 heavy (non-hydrogen) atoms. The molecule has 0 spiro atoms. The smallest absolute Gasteiger partial charge is 0.150 e. The van der Waals surface area contributed by atoms with Gasteiger partial charge in [-0.25, -0.2) is 8.42 Å². The lowest BCUT2D eigenvalue weighted by molar-refractivity contribution is -0.0465. The standard InChI is InChI=1S/C11H21NO3S/c1-11(13)8-12-5-2-10(11)9-3-6-16(14,15)7-4-9/h9-10,12-13H,2-8H2,1H3. The van der Waals surface area contributed by atoms with Crippen molar-refractivity contribution in [3.8, 4) is 0 Å². The lowest BCUT2D eigenvalue weighted by Crippen LogP contribution is -2.53. The molecule has 4 nitrogen and oxygen atoms in total. The van der Waals surface area contributed by atoms with Gasteiger partial charge in [0.2, 0.25) is 0 Å². The summed E-state index contributed by atoms with van der Waals surface area (Å²) in [7, 11) is -2.79. The molecule has 0 saturated carbocycles. The van der Waals surface area contributed by atoms with Crippen LogP contribution in [0.4, 0.5) is 0 Å². The van der Waals surface area contributed by atoms with E-state index >= 15 is 0 Å². The summed E-state index contributed by atoms with van der Waals surface area (Å²) >= 11 is 0. The summed E-state index contributed by atoms with van der Waals surface area (Å²) in [6.07, 6.45) is 2.41. The number of piperidine rings is 1. The topological polar surface area (TPSA) is 66.4 Å². The molecule has 0 bridgehead atoms. The Morgan fingerprint density at radius 2 is 1.88 bits per heavy atom.